The summed E-state index contributed by atoms with van der Waals surface area (Å²) < 4.78 is 0. The van der Waals surface area contributed by atoms with Crippen LogP contribution < -0.4 is 11.1 Å². The normalized spacial score (nSPS) is 31.6. The number of nitrogens with one attached hydrogen (secondary N) is 1. The van der Waals surface area contributed by atoms with Gasteiger partial charge in [0.1, 0.15) is 5.82 Å². The van der Waals surface area contributed by atoms with E-state index in [1.165, 1.54) is 25.7 Å². The van der Waals surface area contributed by atoms with Gasteiger partial charge in [0, 0.05) is 11.7 Å². The highest BCUT2D eigenvalue weighted by Gasteiger charge is 2.41. The summed E-state index contributed by atoms with van der Waals surface area (Å²) in [5.74, 6) is 3.60. The zero-order chi connectivity index (χ0) is 12.7. The van der Waals surface area contributed by atoms with E-state index in [4.69, 9.17) is 5.73 Å². The number of pyridine rings is 1. The van der Waals surface area contributed by atoms with Crippen molar-refractivity contribution in [1.29, 1.82) is 0 Å². The summed E-state index contributed by atoms with van der Waals surface area (Å²) in [4.78, 5) is 4.51. The van der Waals surface area contributed by atoms with Crippen LogP contribution in [-0.2, 0) is 0 Å². The van der Waals surface area contributed by atoms with Gasteiger partial charge < -0.3 is 11.1 Å². The largest absolute Gasteiger partial charge is 0.396 e. The van der Waals surface area contributed by atoms with E-state index < -0.39 is 0 Å². The van der Waals surface area contributed by atoms with Gasteiger partial charge in [-0.1, -0.05) is 6.42 Å². The van der Waals surface area contributed by atoms with Gasteiger partial charge in [-0.3, -0.25) is 0 Å². The number of nitrogens with zero attached hydrogens (tertiary/aromatic N) is 1. The summed E-state index contributed by atoms with van der Waals surface area (Å²) >= 11 is 0. The molecule has 1 heterocycles. The Morgan fingerprint density at radius 1 is 1.33 bits per heavy atom. The summed E-state index contributed by atoms with van der Waals surface area (Å²) in [6, 6.07) is 4.39. The Balaban J connectivity index is 1.70. The third-order valence-electron chi connectivity index (χ3n) is 4.87. The highest BCUT2D eigenvalue weighted by Crippen LogP contribution is 2.49. The lowest BCUT2D eigenvalue weighted by Crippen LogP contribution is -2.30. The number of aromatic nitrogens is 1. The van der Waals surface area contributed by atoms with E-state index in [0.29, 0.717) is 6.04 Å². The minimum absolute atomic E-state index is 0.483. The van der Waals surface area contributed by atoms with Crippen molar-refractivity contribution in [3.05, 3.63) is 17.8 Å². The number of nitrogens with two attached hydrogens (primary N) is 1. The Kier molecular flexibility index (Phi) is 2.92. The molecule has 2 aliphatic rings. The Bertz CT molecular complexity index is 443. The maximum atomic E-state index is 5.99. The van der Waals surface area contributed by atoms with Gasteiger partial charge in [-0.25, -0.2) is 4.98 Å². The molecule has 3 nitrogen and oxygen atoms in total. The van der Waals surface area contributed by atoms with Crippen LogP contribution in [0.3, 0.4) is 0 Å². The molecule has 2 saturated carbocycles. The molecule has 2 bridgehead atoms. The molecule has 0 spiro atoms. The number of rotatable bonds is 3. The monoisotopic (exact) mass is 245 g/mol. The lowest BCUT2D eigenvalue weighted by molar-refractivity contribution is 0.304. The lowest BCUT2D eigenvalue weighted by atomic mass is 9.84. The van der Waals surface area contributed by atoms with Crippen molar-refractivity contribution in [3.63, 3.8) is 0 Å². The third-order valence-corrected chi connectivity index (χ3v) is 4.87. The molecule has 18 heavy (non-hydrogen) atoms. The molecule has 98 valence electrons. The molecule has 0 aromatic carbocycles. The Hall–Kier alpha value is -1.25. The van der Waals surface area contributed by atoms with Crippen LogP contribution in [0.25, 0.3) is 0 Å². The second kappa shape index (κ2) is 4.45. The molecule has 4 unspecified atom stereocenters. The van der Waals surface area contributed by atoms with E-state index in [-0.39, 0.29) is 0 Å². The van der Waals surface area contributed by atoms with Gasteiger partial charge >= 0.3 is 0 Å². The summed E-state index contributed by atoms with van der Waals surface area (Å²) in [5, 5.41) is 3.54. The molecular weight excluding hydrogens is 222 g/mol. The Morgan fingerprint density at radius 3 is 2.83 bits per heavy atom. The van der Waals surface area contributed by atoms with Gasteiger partial charge in [-0.15, -0.1) is 0 Å². The van der Waals surface area contributed by atoms with E-state index in [1.54, 1.807) is 0 Å². The lowest BCUT2D eigenvalue weighted by Gasteiger charge is -2.29. The van der Waals surface area contributed by atoms with Gasteiger partial charge in [0.15, 0.2) is 0 Å². The standard InChI is InChI=1S/C15H23N3/c1-9-3-6-14(16)15(17-9)18-10(2)13-8-11-4-5-12(13)7-11/h3,6,10-13H,4-5,7-8,16H2,1-2H3,(H,17,18). The summed E-state index contributed by atoms with van der Waals surface area (Å²) in [6.45, 7) is 4.29. The zero-order valence-corrected chi connectivity index (χ0v) is 11.3. The van der Waals surface area contributed by atoms with Gasteiger partial charge in [-0.2, -0.15) is 0 Å². The predicted octanol–water partition coefficient (Wildman–Crippen LogP) is 3.21. The third kappa shape index (κ3) is 2.06. The van der Waals surface area contributed by atoms with E-state index in [9.17, 15) is 0 Å². The highest BCUT2D eigenvalue weighted by atomic mass is 15.0. The fourth-order valence-corrected chi connectivity index (χ4v) is 3.91. The fraction of sp³-hybridized carbons (Fsp3) is 0.667. The first-order chi connectivity index (χ1) is 8.63. The Labute approximate surface area is 109 Å². The van der Waals surface area contributed by atoms with Crippen molar-refractivity contribution in [2.45, 2.75) is 45.6 Å². The first kappa shape index (κ1) is 11.8. The summed E-state index contributed by atoms with van der Waals surface area (Å²) in [7, 11) is 0. The number of aryl methyl sites for hydroxylation is 1. The van der Waals surface area contributed by atoms with E-state index in [1.807, 2.05) is 19.1 Å². The van der Waals surface area contributed by atoms with E-state index in [0.717, 1.165) is 35.0 Å². The molecule has 4 atom stereocenters. The second-order valence-corrected chi connectivity index (χ2v) is 6.16. The minimum atomic E-state index is 0.483. The predicted molar refractivity (Wildman–Crippen MR) is 75.4 cm³/mol. The van der Waals surface area contributed by atoms with Crippen molar-refractivity contribution in [3.8, 4) is 0 Å². The van der Waals surface area contributed by atoms with Crippen molar-refractivity contribution >= 4 is 11.5 Å². The first-order valence-electron chi connectivity index (χ1n) is 7.13. The van der Waals surface area contributed by atoms with E-state index in [2.05, 4.69) is 17.2 Å². The van der Waals surface area contributed by atoms with Crippen molar-refractivity contribution in [1.82, 2.24) is 4.98 Å². The molecule has 0 radical (unpaired) electrons. The maximum absolute atomic E-state index is 5.99. The number of fused-ring (bicyclic) bond motifs is 2. The fourth-order valence-electron chi connectivity index (χ4n) is 3.91. The van der Waals surface area contributed by atoms with Gasteiger partial charge in [0.25, 0.3) is 0 Å². The number of anilines is 2. The average molecular weight is 245 g/mol. The van der Waals surface area contributed by atoms with Crippen LogP contribution in [0.4, 0.5) is 11.5 Å². The van der Waals surface area contributed by atoms with Crippen LogP contribution in [0, 0.1) is 24.7 Å². The van der Waals surface area contributed by atoms with Gasteiger partial charge in [0.05, 0.1) is 5.69 Å². The van der Waals surface area contributed by atoms with Crippen LogP contribution in [0.2, 0.25) is 0 Å². The minimum Gasteiger partial charge on any atom is -0.396 e. The quantitative estimate of drug-likeness (QED) is 0.859. The van der Waals surface area contributed by atoms with Crippen LogP contribution in [0.5, 0.6) is 0 Å². The van der Waals surface area contributed by atoms with Crippen LogP contribution in [-0.4, -0.2) is 11.0 Å². The number of hydrogen-bond acceptors (Lipinski definition) is 3. The van der Waals surface area contributed by atoms with Crippen LogP contribution in [0.1, 0.15) is 38.3 Å². The molecule has 0 amide bonds. The summed E-state index contributed by atoms with van der Waals surface area (Å²) in [6.07, 6.45) is 5.73. The van der Waals surface area contributed by atoms with Crippen molar-refractivity contribution in [2.24, 2.45) is 17.8 Å². The molecule has 1 aromatic rings. The molecule has 0 saturated heterocycles. The second-order valence-electron chi connectivity index (χ2n) is 6.16. The zero-order valence-electron chi connectivity index (χ0n) is 11.3. The highest BCUT2D eigenvalue weighted by molar-refractivity contribution is 5.61. The molecule has 3 N–H and O–H groups in total. The smallest absolute Gasteiger partial charge is 0.149 e. The van der Waals surface area contributed by atoms with Crippen molar-refractivity contribution < 1.29 is 0 Å². The number of nitrogen functional groups attached to an aromatic ring is 1. The number of hydrogen-bond donors (Lipinski definition) is 2. The average Bonchev–Trinajstić information content (AvgIpc) is 2.96. The SMILES string of the molecule is Cc1ccc(N)c(NC(C)C2CC3CCC2C3)n1. The van der Waals surface area contributed by atoms with Crippen LogP contribution in [0.15, 0.2) is 12.1 Å². The van der Waals surface area contributed by atoms with E-state index >= 15 is 0 Å². The molecule has 2 fully saturated rings. The van der Waals surface area contributed by atoms with Gasteiger partial charge in [0.2, 0.25) is 0 Å². The van der Waals surface area contributed by atoms with Crippen molar-refractivity contribution in [2.75, 3.05) is 11.1 Å². The van der Waals surface area contributed by atoms with Crippen LogP contribution >= 0.6 is 0 Å². The summed E-state index contributed by atoms with van der Waals surface area (Å²) in [5.41, 5.74) is 7.77. The molecular formula is C15H23N3. The maximum Gasteiger partial charge on any atom is 0.149 e. The molecule has 2 aliphatic carbocycles. The van der Waals surface area contributed by atoms with Gasteiger partial charge in [-0.05, 0) is 63.0 Å². The molecule has 0 aliphatic heterocycles. The topological polar surface area (TPSA) is 50.9 Å². The first-order valence-corrected chi connectivity index (χ1v) is 7.13. The molecule has 3 rings (SSSR count). The molecule has 1 aromatic heterocycles. The molecule has 3 heteroatoms. The Morgan fingerprint density at radius 2 is 2.17 bits per heavy atom.